The summed E-state index contributed by atoms with van der Waals surface area (Å²) in [6.07, 6.45) is 2.13. The van der Waals surface area contributed by atoms with Gasteiger partial charge in [0.2, 0.25) is 0 Å². The number of amides is 1. The molecule has 0 unspecified atom stereocenters. The van der Waals surface area contributed by atoms with Crippen molar-refractivity contribution in [1.82, 2.24) is 9.88 Å². The van der Waals surface area contributed by atoms with E-state index in [2.05, 4.69) is 11.9 Å². The molecular weight excluding hydrogens is 308 g/mol. The molecule has 2 aromatic heterocycles. The van der Waals surface area contributed by atoms with Crippen molar-refractivity contribution in [3.05, 3.63) is 42.2 Å². The van der Waals surface area contributed by atoms with Crippen LogP contribution in [0, 0.1) is 5.92 Å². The number of piperidine rings is 1. The Balaban J connectivity index is 1.57. The summed E-state index contributed by atoms with van der Waals surface area (Å²) in [5, 5.41) is 0.817. The third-order valence-corrected chi connectivity index (χ3v) is 5.44. The van der Waals surface area contributed by atoms with Crippen LogP contribution in [0.15, 0.2) is 40.8 Å². The lowest BCUT2D eigenvalue weighted by Gasteiger charge is -2.29. The average molecular weight is 326 g/mol. The fraction of sp³-hybridized carbons (Fsp3) is 0.333. The van der Waals surface area contributed by atoms with E-state index in [9.17, 15) is 4.79 Å². The molecule has 118 valence electrons. The summed E-state index contributed by atoms with van der Waals surface area (Å²) < 4.78 is 6.92. The first-order valence-corrected chi connectivity index (χ1v) is 8.77. The van der Waals surface area contributed by atoms with Gasteiger partial charge in [-0.1, -0.05) is 19.1 Å². The van der Waals surface area contributed by atoms with Crippen molar-refractivity contribution < 1.29 is 9.21 Å². The zero-order chi connectivity index (χ0) is 15.8. The molecule has 0 aliphatic carbocycles. The number of benzene rings is 1. The second-order valence-corrected chi connectivity index (χ2v) is 7.16. The lowest BCUT2D eigenvalue weighted by atomic mass is 9.99. The van der Waals surface area contributed by atoms with Gasteiger partial charge in [-0.2, -0.15) is 0 Å². The molecule has 1 amide bonds. The Kier molecular flexibility index (Phi) is 3.65. The summed E-state index contributed by atoms with van der Waals surface area (Å²) in [5.74, 6) is 1.77. The summed E-state index contributed by atoms with van der Waals surface area (Å²) in [6, 6.07) is 11.6. The Morgan fingerprint density at radius 1 is 1.22 bits per heavy atom. The molecule has 3 heterocycles. The molecule has 0 saturated carbocycles. The first kappa shape index (κ1) is 14.5. The highest BCUT2D eigenvalue weighted by Gasteiger charge is 2.24. The van der Waals surface area contributed by atoms with Gasteiger partial charge in [-0.15, -0.1) is 11.3 Å². The Hall–Kier alpha value is -2.14. The number of nitrogens with zero attached hydrogens (tertiary/aromatic N) is 2. The lowest BCUT2D eigenvalue weighted by Crippen LogP contribution is -2.37. The minimum atomic E-state index is -0.00994. The highest BCUT2D eigenvalue weighted by molar-refractivity contribution is 7.21. The predicted molar refractivity (Wildman–Crippen MR) is 91.6 cm³/mol. The Bertz CT molecular complexity index is 810. The number of hydrogen-bond donors (Lipinski definition) is 0. The van der Waals surface area contributed by atoms with E-state index >= 15 is 0 Å². The van der Waals surface area contributed by atoms with E-state index in [1.54, 1.807) is 17.4 Å². The second kappa shape index (κ2) is 5.81. The molecule has 0 atom stereocenters. The summed E-state index contributed by atoms with van der Waals surface area (Å²) >= 11 is 1.58. The number of hydrogen-bond acceptors (Lipinski definition) is 4. The highest BCUT2D eigenvalue weighted by atomic mass is 32.1. The molecule has 0 N–H and O–H groups in total. The van der Waals surface area contributed by atoms with Crippen molar-refractivity contribution in [2.45, 2.75) is 19.8 Å². The van der Waals surface area contributed by atoms with Crippen LogP contribution >= 0.6 is 11.3 Å². The van der Waals surface area contributed by atoms with Crippen molar-refractivity contribution >= 4 is 27.5 Å². The van der Waals surface area contributed by atoms with Crippen molar-refractivity contribution in [3.8, 4) is 10.8 Å². The maximum Gasteiger partial charge on any atom is 0.289 e. The van der Waals surface area contributed by atoms with Crippen molar-refractivity contribution in [2.24, 2.45) is 5.92 Å². The fourth-order valence-electron chi connectivity index (χ4n) is 2.91. The smallest absolute Gasteiger partial charge is 0.289 e. The number of fused-ring (bicyclic) bond motifs is 1. The van der Waals surface area contributed by atoms with Crippen molar-refractivity contribution in [1.29, 1.82) is 0 Å². The molecule has 0 radical (unpaired) electrons. The van der Waals surface area contributed by atoms with Gasteiger partial charge in [-0.05, 0) is 43.0 Å². The topological polar surface area (TPSA) is 46.3 Å². The first-order valence-electron chi connectivity index (χ1n) is 7.96. The van der Waals surface area contributed by atoms with Crippen molar-refractivity contribution in [2.75, 3.05) is 13.1 Å². The number of aromatic nitrogens is 1. The van der Waals surface area contributed by atoms with Gasteiger partial charge < -0.3 is 9.32 Å². The lowest BCUT2D eigenvalue weighted by molar-refractivity contribution is 0.0666. The van der Waals surface area contributed by atoms with E-state index in [1.807, 2.05) is 35.2 Å². The van der Waals surface area contributed by atoms with Gasteiger partial charge in [0.05, 0.1) is 10.2 Å². The predicted octanol–water partition coefficient (Wildman–Crippen LogP) is 4.43. The minimum Gasteiger partial charge on any atom is -0.448 e. The normalized spacial score (nSPS) is 16.1. The Morgan fingerprint density at radius 3 is 2.78 bits per heavy atom. The van der Waals surface area contributed by atoms with Gasteiger partial charge in [-0.3, -0.25) is 4.79 Å². The van der Waals surface area contributed by atoms with Crippen LogP contribution in [0.5, 0.6) is 0 Å². The number of para-hydroxylation sites is 1. The highest BCUT2D eigenvalue weighted by Crippen LogP contribution is 2.31. The van der Waals surface area contributed by atoms with E-state index in [0.717, 1.165) is 41.2 Å². The molecular formula is C18H18N2O2S. The van der Waals surface area contributed by atoms with E-state index < -0.39 is 0 Å². The quantitative estimate of drug-likeness (QED) is 0.700. The molecule has 1 aromatic carbocycles. The van der Waals surface area contributed by atoms with Crippen LogP contribution in [-0.4, -0.2) is 28.9 Å². The summed E-state index contributed by atoms with van der Waals surface area (Å²) in [6.45, 7) is 3.87. The number of carbonyl (C=O) groups is 1. The molecule has 1 aliphatic rings. The molecule has 0 spiro atoms. The van der Waals surface area contributed by atoms with Crippen LogP contribution in [0.25, 0.3) is 21.0 Å². The van der Waals surface area contributed by atoms with Crippen molar-refractivity contribution in [3.63, 3.8) is 0 Å². The van der Waals surface area contributed by atoms with Crippen LogP contribution in [-0.2, 0) is 0 Å². The zero-order valence-corrected chi connectivity index (χ0v) is 13.8. The average Bonchev–Trinajstić information content (AvgIpc) is 3.21. The van der Waals surface area contributed by atoms with Gasteiger partial charge in [0.1, 0.15) is 0 Å². The summed E-state index contributed by atoms with van der Waals surface area (Å²) in [4.78, 5) is 19.0. The third kappa shape index (κ3) is 2.77. The van der Waals surface area contributed by atoms with Crippen LogP contribution in [0.4, 0.5) is 0 Å². The first-order chi connectivity index (χ1) is 11.2. The van der Waals surface area contributed by atoms with Crippen LogP contribution < -0.4 is 0 Å². The molecule has 4 rings (SSSR count). The van der Waals surface area contributed by atoms with Crippen LogP contribution in [0.3, 0.4) is 0 Å². The van der Waals surface area contributed by atoms with Gasteiger partial charge in [-0.25, -0.2) is 4.98 Å². The summed E-state index contributed by atoms with van der Waals surface area (Å²) in [7, 11) is 0. The van der Waals surface area contributed by atoms with E-state index in [0.29, 0.717) is 17.4 Å². The number of furan rings is 1. The zero-order valence-electron chi connectivity index (χ0n) is 13.0. The van der Waals surface area contributed by atoms with Gasteiger partial charge >= 0.3 is 0 Å². The number of carbonyl (C=O) groups excluding carboxylic acids is 1. The van der Waals surface area contributed by atoms with E-state index in [1.165, 1.54) is 0 Å². The molecule has 1 aliphatic heterocycles. The maximum absolute atomic E-state index is 12.5. The molecule has 1 fully saturated rings. The fourth-order valence-corrected chi connectivity index (χ4v) is 3.84. The number of likely N-dealkylation sites (tertiary alicyclic amines) is 1. The third-order valence-electron chi connectivity index (χ3n) is 4.39. The molecule has 23 heavy (non-hydrogen) atoms. The Morgan fingerprint density at radius 2 is 2.00 bits per heavy atom. The second-order valence-electron chi connectivity index (χ2n) is 6.13. The maximum atomic E-state index is 12.5. The Labute approximate surface area is 138 Å². The largest absolute Gasteiger partial charge is 0.448 e. The van der Waals surface area contributed by atoms with Gasteiger partial charge in [0, 0.05) is 13.1 Å². The summed E-state index contributed by atoms with van der Waals surface area (Å²) in [5.41, 5.74) is 0.960. The van der Waals surface area contributed by atoms with E-state index in [4.69, 9.17) is 4.42 Å². The standard InChI is InChI=1S/C18H18N2O2S/c1-12-8-10-20(11-9-12)18(21)15-7-6-14(22-15)17-19-13-4-2-3-5-16(13)23-17/h2-7,12H,8-11H2,1H3. The molecule has 4 nitrogen and oxygen atoms in total. The minimum absolute atomic E-state index is 0.00994. The SMILES string of the molecule is CC1CCN(C(=O)c2ccc(-c3nc4ccccc4s3)o2)CC1. The van der Waals surface area contributed by atoms with Gasteiger partial charge in [0.15, 0.2) is 16.5 Å². The monoisotopic (exact) mass is 326 g/mol. The molecule has 0 bridgehead atoms. The van der Waals surface area contributed by atoms with Crippen LogP contribution in [0.2, 0.25) is 0 Å². The molecule has 1 saturated heterocycles. The van der Waals surface area contributed by atoms with Gasteiger partial charge in [0.25, 0.3) is 5.91 Å². The molecule has 5 heteroatoms. The molecule has 3 aromatic rings. The van der Waals surface area contributed by atoms with Crippen LogP contribution in [0.1, 0.15) is 30.3 Å². The van der Waals surface area contributed by atoms with E-state index in [-0.39, 0.29) is 5.91 Å². The number of thiazole rings is 1. The number of rotatable bonds is 2.